The zero-order valence-electron chi connectivity index (χ0n) is 18.4. The van der Waals surface area contributed by atoms with Crippen molar-refractivity contribution in [3.05, 3.63) is 92.8 Å². The summed E-state index contributed by atoms with van der Waals surface area (Å²) in [5, 5.41) is 17.8. The first-order valence-electron chi connectivity index (χ1n) is 11.2. The molecule has 0 unspecified atom stereocenters. The van der Waals surface area contributed by atoms with Crippen molar-refractivity contribution in [3.63, 3.8) is 0 Å². The number of benzene rings is 3. The molecule has 1 saturated heterocycles. The molecular weight excluding hydrogens is 416 g/mol. The van der Waals surface area contributed by atoms with Crippen molar-refractivity contribution >= 4 is 22.1 Å². The number of hydrogen-bond donors (Lipinski definition) is 0. The predicted molar refractivity (Wildman–Crippen MR) is 130 cm³/mol. The molecule has 0 saturated carbocycles. The highest BCUT2D eigenvalue weighted by atomic mass is 16.6. The lowest BCUT2D eigenvalue weighted by Crippen LogP contribution is -2.24. The summed E-state index contributed by atoms with van der Waals surface area (Å²) >= 11 is 0. The highest BCUT2D eigenvalue weighted by Crippen LogP contribution is 2.31. The fourth-order valence-corrected chi connectivity index (χ4v) is 4.47. The predicted octanol–water partition coefficient (Wildman–Crippen LogP) is 5.12. The summed E-state index contributed by atoms with van der Waals surface area (Å²) in [7, 11) is 0. The largest absolute Gasteiger partial charge is 0.371 e. The monoisotopic (exact) mass is 440 g/mol. The third-order valence-electron chi connectivity index (χ3n) is 6.30. The summed E-state index contributed by atoms with van der Waals surface area (Å²) in [6.07, 6.45) is 3.08. The summed E-state index contributed by atoms with van der Waals surface area (Å²) in [5.41, 5.74) is 3.21. The smallest absolute Gasteiger partial charge is 0.295 e. The van der Waals surface area contributed by atoms with Crippen LogP contribution in [0.4, 0.5) is 11.4 Å². The minimum absolute atomic E-state index is 0.143. The first-order valence-corrected chi connectivity index (χ1v) is 11.2. The Kier molecular flexibility index (Phi) is 5.38. The molecule has 4 aromatic rings. The van der Waals surface area contributed by atoms with Gasteiger partial charge in [0, 0.05) is 35.8 Å². The Morgan fingerprint density at radius 2 is 1.67 bits per heavy atom. The summed E-state index contributed by atoms with van der Waals surface area (Å²) in [6.45, 7) is 3.88. The molecule has 0 N–H and O–H groups in total. The van der Waals surface area contributed by atoms with Gasteiger partial charge in [-0.2, -0.15) is 9.78 Å². The van der Waals surface area contributed by atoms with Crippen LogP contribution in [0, 0.1) is 10.1 Å². The van der Waals surface area contributed by atoms with E-state index in [9.17, 15) is 14.9 Å². The lowest BCUT2D eigenvalue weighted by atomic mass is 10.0. The summed E-state index contributed by atoms with van der Waals surface area (Å²) in [4.78, 5) is 27.1. The zero-order valence-corrected chi connectivity index (χ0v) is 18.4. The van der Waals surface area contributed by atoms with Crippen LogP contribution in [0.15, 0.2) is 71.5 Å². The van der Waals surface area contributed by atoms with Crippen LogP contribution < -0.4 is 10.5 Å². The van der Waals surface area contributed by atoms with Gasteiger partial charge in [0.2, 0.25) is 0 Å². The number of anilines is 1. The molecule has 0 spiro atoms. The van der Waals surface area contributed by atoms with E-state index in [1.807, 2.05) is 36.4 Å². The Labute approximate surface area is 191 Å². The molecule has 1 aliphatic rings. The number of fused-ring (bicyclic) bond motifs is 1. The molecule has 1 fully saturated rings. The highest BCUT2D eigenvalue weighted by molar-refractivity contribution is 5.94. The first kappa shape index (κ1) is 20.9. The lowest BCUT2D eigenvalue weighted by Gasteiger charge is -2.19. The zero-order chi connectivity index (χ0) is 22.9. The molecule has 1 aromatic heterocycles. The van der Waals surface area contributed by atoms with E-state index >= 15 is 0 Å². The average molecular weight is 441 g/mol. The second-order valence-corrected chi connectivity index (χ2v) is 8.29. The van der Waals surface area contributed by atoms with Crippen molar-refractivity contribution in [1.29, 1.82) is 0 Å². The molecule has 7 nitrogen and oxygen atoms in total. The number of nitro benzene ring substituents is 1. The third-order valence-corrected chi connectivity index (χ3v) is 6.30. The van der Waals surface area contributed by atoms with Crippen LogP contribution in [0.3, 0.4) is 0 Å². The van der Waals surface area contributed by atoms with Gasteiger partial charge >= 0.3 is 0 Å². The van der Waals surface area contributed by atoms with Gasteiger partial charge < -0.3 is 4.90 Å². The normalized spacial score (nSPS) is 13.5. The van der Waals surface area contributed by atoms with Crippen molar-refractivity contribution in [2.24, 2.45) is 0 Å². The molecule has 7 heteroatoms. The number of hydrogen-bond acceptors (Lipinski definition) is 5. The Morgan fingerprint density at radius 1 is 0.970 bits per heavy atom. The van der Waals surface area contributed by atoms with Crippen LogP contribution in [-0.2, 0) is 6.42 Å². The Morgan fingerprint density at radius 3 is 2.33 bits per heavy atom. The minimum atomic E-state index is -0.456. The molecule has 5 rings (SSSR count). The molecule has 0 bridgehead atoms. The molecule has 0 aliphatic carbocycles. The fraction of sp³-hybridized carbons (Fsp3) is 0.231. The number of aryl methyl sites for hydroxylation is 1. The van der Waals surface area contributed by atoms with Crippen molar-refractivity contribution < 1.29 is 4.92 Å². The summed E-state index contributed by atoms with van der Waals surface area (Å²) < 4.78 is 1.20. The van der Waals surface area contributed by atoms with Crippen LogP contribution in [-0.4, -0.2) is 27.8 Å². The summed E-state index contributed by atoms with van der Waals surface area (Å²) in [5.74, 6) is 0. The topological polar surface area (TPSA) is 81.3 Å². The molecule has 0 atom stereocenters. The quantitative estimate of drug-likeness (QED) is 0.318. The van der Waals surface area contributed by atoms with E-state index in [2.05, 4.69) is 16.9 Å². The van der Waals surface area contributed by atoms with E-state index in [0.29, 0.717) is 11.1 Å². The van der Waals surface area contributed by atoms with Crippen molar-refractivity contribution in [2.45, 2.75) is 26.2 Å². The van der Waals surface area contributed by atoms with Crippen molar-refractivity contribution in [3.8, 4) is 16.9 Å². The second kappa shape index (κ2) is 8.50. The van der Waals surface area contributed by atoms with Gasteiger partial charge in [0.15, 0.2) is 0 Å². The second-order valence-electron chi connectivity index (χ2n) is 8.29. The fourth-order valence-electron chi connectivity index (χ4n) is 4.47. The Hall–Kier alpha value is -4.00. The molecule has 33 heavy (non-hydrogen) atoms. The first-order chi connectivity index (χ1) is 16.1. The highest BCUT2D eigenvalue weighted by Gasteiger charge is 2.23. The van der Waals surface area contributed by atoms with Gasteiger partial charge in [-0.1, -0.05) is 49.4 Å². The number of aromatic nitrogens is 2. The van der Waals surface area contributed by atoms with Crippen LogP contribution in [0.1, 0.15) is 25.3 Å². The van der Waals surface area contributed by atoms with Crippen LogP contribution in [0.5, 0.6) is 0 Å². The number of nitrogens with zero attached hydrogens (tertiary/aromatic N) is 4. The summed E-state index contributed by atoms with van der Waals surface area (Å²) in [6, 6.07) is 20.3. The maximum atomic E-state index is 13.5. The van der Waals surface area contributed by atoms with E-state index in [-0.39, 0.29) is 16.9 Å². The van der Waals surface area contributed by atoms with Gasteiger partial charge in [0.25, 0.3) is 11.2 Å². The van der Waals surface area contributed by atoms with Crippen LogP contribution >= 0.6 is 0 Å². The third kappa shape index (κ3) is 3.75. The minimum Gasteiger partial charge on any atom is -0.371 e. The van der Waals surface area contributed by atoms with E-state index in [1.54, 1.807) is 24.3 Å². The lowest BCUT2D eigenvalue weighted by molar-refractivity contribution is -0.384. The van der Waals surface area contributed by atoms with E-state index in [1.165, 1.54) is 16.3 Å². The molecule has 1 aliphatic heterocycles. The maximum Gasteiger partial charge on any atom is 0.295 e. The standard InChI is InChI=1S/C26H24N4O3/c1-2-18-9-11-19(12-10-18)25-21-7-3-4-8-22(21)26(31)29(27-25)24-17-20(28-15-5-6-16-28)13-14-23(24)30(32)33/h3-4,7-14,17H,2,5-6,15-16H2,1H3. The molecule has 0 amide bonds. The van der Waals surface area contributed by atoms with Crippen LogP contribution in [0.25, 0.3) is 27.7 Å². The Bertz CT molecular complexity index is 1400. The van der Waals surface area contributed by atoms with E-state index in [0.717, 1.165) is 49.0 Å². The van der Waals surface area contributed by atoms with Gasteiger partial charge in [0.1, 0.15) is 5.69 Å². The van der Waals surface area contributed by atoms with Gasteiger partial charge in [0.05, 0.1) is 16.0 Å². The molecule has 2 heterocycles. The number of nitro groups is 1. The van der Waals surface area contributed by atoms with Gasteiger partial charge in [-0.25, -0.2) is 0 Å². The SMILES string of the molecule is CCc1ccc(-c2nn(-c3cc(N4CCCC4)ccc3[N+](=O)[O-])c(=O)c3ccccc23)cc1. The molecular formula is C26H24N4O3. The molecule has 0 radical (unpaired) electrons. The van der Waals surface area contributed by atoms with Gasteiger partial charge in [-0.05, 0) is 43.0 Å². The van der Waals surface area contributed by atoms with E-state index in [4.69, 9.17) is 0 Å². The van der Waals surface area contributed by atoms with Crippen molar-refractivity contribution in [1.82, 2.24) is 9.78 Å². The van der Waals surface area contributed by atoms with Gasteiger partial charge in [-0.3, -0.25) is 14.9 Å². The molecule has 166 valence electrons. The van der Waals surface area contributed by atoms with Gasteiger partial charge in [-0.15, -0.1) is 0 Å². The van der Waals surface area contributed by atoms with E-state index < -0.39 is 4.92 Å². The van der Waals surface area contributed by atoms with Crippen molar-refractivity contribution in [2.75, 3.05) is 18.0 Å². The van der Waals surface area contributed by atoms with Crippen LogP contribution in [0.2, 0.25) is 0 Å². The number of rotatable bonds is 5. The Balaban J connectivity index is 1.78. The molecule has 3 aromatic carbocycles. The maximum absolute atomic E-state index is 13.5. The average Bonchev–Trinajstić information content (AvgIpc) is 3.39.